The molecule has 0 atom stereocenters. The first kappa shape index (κ1) is 20.4. The summed E-state index contributed by atoms with van der Waals surface area (Å²) >= 11 is 0. The van der Waals surface area contributed by atoms with Gasteiger partial charge in [-0.2, -0.15) is 0 Å². The average molecular weight is 316 g/mol. The van der Waals surface area contributed by atoms with E-state index in [4.69, 9.17) is 4.74 Å². The van der Waals surface area contributed by atoms with E-state index in [1.165, 1.54) is 0 Å². The fraction of sp³-hybridized carbons (Fsp3) is 0.538. The summed E-state index contributed by atoms with van der Waals surface area (Å²) in [7, 11) is 0. The van der Waals surface area contributed by atoms with Crippen LogP contribution in [-0.2, 0) is 0 Å². The Balaban J connectivity index is 0.00000361. The molecule has 0 heterocycles. The fourth-order valence-corrected chi connectivity index (χ4v) is 1.79. The Morgan fingerprint density at radius 1 is 1.05 bits per heavy atom. The van der Waals surface area contributed by atoms with E-state index in [2.05, 4.69) is 6.92 Å². The van der Waals surface area contributed by atoms with Crippen LogP contribution in [0.5, 0.6) is 5.75 Å². The molecule has 7 heteroatoms. The van der Waals surface area contributed by atoms with E-state index in [-0.39, 0.29) is 63.7 Å². The summed E-state index contributed by atoms with van der Waals surface area (Å²) in [5.41, 5.74) is -0.992. The monoisotopic (exact) mass is 316 g/mol. The van der Waals surface area contributed by atoms with Gasteiger partial charge in [-0.25, -0.2) is 4.39 Å². The molecule has 1 rings (SSSR count). The summed E-state index contributed by atoms with van der Waals surface area (Å²) in [5.74, 6) is -1.17. The van der Waals surface area contributed by atoms with Crippen molar-refractivity contribution in [3.63, 3.8) is 0 Å². The molecule has 0 spiro atoms. The Labute approximate surface area is 159 Å². The summed E-state index contributed by atoms with van der Waals surface area (Å²) in [4.78, 5) is 0. The van der Waals surface area contributed by atoms with Gasteiger partial charge >= 0.3 is 58.4 Å². The quantitative estimate of drug-likeness (QED) is 0.398. The summed E-state index contributed by atoms with van der Waals surface area (Å²) < 4.78 is 56.1. The van der Waals surface area contributed by atoms with Crippen molar-refractivity contribution in [2.45, 2.75) is 39.0 Å². The van der Waals surface area contributed by atoms with Gasteiger partial charge in [0.2, 0.25) is 0 Å². The molecule has 0 amide bonds. The Hall–Kier alpha value is 0.441. The Bertz CT molecular complexity index is 398. The van der Waals surface area contributed by atoms with Crippen molar-refractivity contribution >= 4 is 12.4 Å². The topological polar surface area (TPSA) is 9.23 Å². The van der Waals surface area contributed by atoms with Crippen LogP contribution < -0.4 is 61.6 Å². The Morgan fingerprint density at radius 2 is 1.70 bits per heavy atom. The first-order valence-corrected chi connectivity index (χ1v) is 6.57. The number of hydrogen-bond acceptors (Lipinski definition) is 1. The van der Waals surface area contributed by atoms with Crippen molar-refractivity contribution < 1.29 is 73.5 Å². The predicted molar refractivity (Wildman–Crippen MR) is 69.4 cm³/mol. The van der Waals surface area contributed by atoms with Crippen LogP contribution in [0.4, 0.5) is 17.3 Å². The predicted octanol–water partition coefficient (Wildman–Crippen LogP) is 1.23. The van der Waals surface area contributed by atoms with Crippen LogP contribution in [0.15, 0.2) is 18.2 Å². The minimum Gasteiger partial charge on any atom is -0.497 e. The van der Waals surface area contributed by atoms with Crippen molar-refractivity contribution in [3.05, 3.63) is 24.0 Å². The van der Waals surface area contributed by atoms with E-state index in [1.54, 1.807) is 0 Å². The van der Waals surface area contributed by atoms with Crippen molar-refractivity contribution in [3.8, 4) is 5.75 Å². The van der Waals surface area contributed by atoms with E-state index >= 15 is 0 Å². The third-order valence-corrected chi connectivity index (χ3v) is 2.83. The molecule has 0 unspecified atom stereocenters. The van der Waals surface area contributed by atoms with Crippen molar-refractivity contribution in [1.29, 1.82) is 0 Å². The molecule has 1 aromatic rings. The van der Waals surface area contributed by atoms with Crippen LogP contribution in [0.2, 0.25) is 0 Å². The molecule has 1 aromatic carbocycles. The summed E-state index contributed by atoms with van der Waals surface area (Å²) in [6, 6.07) is 2.52. The molecule has 0 aliphatic heterocycles. The van der Waals surface area contributed by atoms with Gasteiger partial charge in [-0.05, 0) is 24.6 Å². The van der Waals surface area contributed by atoms with E-state index in [9.17, 15) is 17.3 Å². The minimum atomic E-state index is -5.25. The zero-order valence-electron chi connectivity index (χ0n) is 12.0. The first-order valence-electron chi connectivity index (χ1n) is 6.57. The van der Waals surface area contributed by atoms with E-state index in [0.717, 1.165) is 37.8 Å². The van der Waals surface area contributed by atoms with Crippen LogP contribution in [0.25, 0.3) is 0 Å². The van der Waals surface area contributed by atoms with Crippen molar-refractivity contribution in [2.24, 2.45) is 0 Å². The molecule has 20 heavy (non-hydrogen) atoms. The van der Waals surface area contributed by atoms with Crippen LogP contribution in [0.3, 0.4) is 0 Å². The Morgan fingerprint density at radius 3 is 2.30 bits per heavy atom. The minimum absolute atomic E-state index is 0. The zero-order chi connectivity index (χ0) is 14.3. The maximum atomic E-state index is 12.9. The molecule has 108 valence electrons. The van der Waals surface area contributed by atoms with Gasteiger partial charge in [0.15, 0.2) is 0 Å². The zero-order valence-corrected chi connectivity index (χ0v) is 15.1. The van der Waals surface area contributed by atoms with Crippen molar-refractivity contribution in [2.75, 3.05) is 6.61 Å². The molecule has 0 saturated carbocycles. The van der Waals surface area contributed by atoms with Crippen molar-refractivity contribution in [1.82, 2.24) is 0 Å². The van der Waals surface area contributed by atoms with E-state index in [0.29, 0.717) is 12.5 Å². The molecule has 0 aliphatic rings. The normalized spacial score (nSPS) is 11.1. The molecule has 0 aliphatic carbocycles. The second-order valence-corrected chi connectivity index (χ2v) is 4.52. The number of benzene rings is 1. The van der Waals surface area contributed by atoms with E-state index < -0.39 is 18.3 Å². The van der Waals surface area contributed by atoms with Gasteiger partial charge in [-0.3, -0.25) is 0 Å². The fourth-order valence-electron chi connectivity index (χ4n) is 1.79. The third kappa shape index (κ3) is 7.45. The van der Waals surface area contributed by atoms with E-state index in [1.807, 2.05) is 0 Å². The Kier molecular flexibility index (Phi) is 10.4. The molecule has 0 saturated heterocycles. The number of unbranched alkanes of at least 4 members (excludes halogenated alkanes) is 4. The molecule has 0 N–H and O–H groups in total. The van der Waals surface area contributed by atoms with Gasteiger partial charge in [0, 0.05) is 0 Å². The second-order valence-electron chi connectivity index (χ2n) is 4.52. The van der Waals surface area contributed by atoms with Gasteiger partial charge in [0.1, 0.15) is 5.82 Å². The largest absolute Gasteiger partial charge is 1.00 e. The molecule has 0 radical (unpaired) electrons. The molecule has 0 bridgehead atoms. The second kappa shape index (κ2) is 10.2. The molecule has 0 fully saturated rings. The smallest absolute Gasteiger partial charge is 0.497 e. The third-order valence-electron chi connectivity index (χ3n) is 2.83. The number of hydrogen-bond donors (Lipinski definition) is 0. The maximum absolute atomic E-state index is 12.9. The molecule has 1 nitrogen and oxygen atoms in total. The average Bonchev–Trinajstić information content (AvgIpc) is 2.34. The van der Waals surface area contributed by atoms with Crippen LogP contribution in [0, 0.1) is 5.82 Å². The first-order chi connectivity index (χ1) is 8.95. The molecular weight excluding hydrogens is 298 g/mol. The SMILES string of the molecule is CCCCCCCOc1ccc(F)cc1[B-](F)(F)F.[K+]. The summed E-state index contributed by atoms with van der Waals surface area (Å²) in [6.07, 6.45) is 4.93. The standard InChI is InChI=1S/C13H18BF4O.K/c1-2-3-4-5-6-9-19-13-8-7-11(15)10-12(13)14(16,17)18;/h7-8,10H,2-6,9H2,1H3;/q-1;+1. The summed E-state index contributed by atoms with van der Waals surface area (Å²) in [5, 5.41) is 0. The van der Waals surface area contributed by atoms with Gasteiger partial charge in [0.25, 0.3) is 0 Å². The molecular formula is C13H18BF4KO. The van der Waals surface area contributed by atoms with Crippen LogP contribution in [-0.4, -0.2) is 13.6 Å². The number of rotatable bonds is 8. The van der Waals surface area contributed by atoms with Gasteiger partial charge in [0.05, 0.1) is 12.4 Å². The molecule has 0 aromatic heterocycles. The van der Waals surface area contributed by atoms with Gasteiger partial charge < -0.3 is 17.7 Å². The van der Waals surface area contributed by atoms with Gasteiger partial charge in [-0.1, -0.05) is 38.1 Å². The number of halogens is 4. The van der Waals surface area contributed by atoms with Gasteiger partial charge in [-0.15, -0.1) is 0 Å². The summed E-state index contributed by atoms with van der Waals surface area (Å²) in [6.45, 7) is -2.93. The number of ether oxygens (including phenoxy) is 1. The maximum Gasteiger partial charge on any atom is 1.00 e. The van der Waals surface area contributed by atoms with Crippen LogP contribution in [0.1, 0.15) is 39.0 Å². The van der Waals surface area contributed by atoms with Crippen LogP contribution >= 0.6 is 0 Å².